The third-order valence-corrected chi connectivity index (χ3v) is 3.80. The third-order valence-electron chi connectivity index (χ3n) is 3.80. The van der Waals surface area contributed by atoms with Crippen molar-refractivity contribution in [2.45, 2.75) is 32.0 Å². The van der Waals surface area contributed by atoms with Gasteiger partial charge in [0, 0.05) is 12.0 Å². The molecule has 1 fully saturated rings. The standard InChI is InChI=1S/C13H16F3NO/c1-12(2)10(11(12)17)7-4-5-8(13(14,15)16)9(6-7)18-3/h4-6,10-11H,17H2,1-3H3/t10-,11-/m1/s1. The van der Waals surface area contributed by atoms with Crippen LogP contribution in [0.4, 0.5) is 13.2 Å². The molecular weight excluding hydrogens is 243 g/mol. The predicted molar refractivity (Wildman–Crippen MR) is 62.5 cm³/mol. The molecule has 0 heterocycles. The molecule has 1 aliphatic rings. The number of alkyl halides is 3. The van der Waals surface area contributed by atoms with Crippen molar-refractivity contribution in [1.29, 1.82) is 0 Å². The van der Waals surface area contributed by atoms with E-state index in [0.29, 0.717) is 0 Å². The van der Waals surface area contributed by atoms with Crippen LogP contribution in [0.2, 0.25) is 0 Å². The molecule has 2 N–H and O–H groups in total. The number of hydrogen-bond donors (Lipinski definition) is 1. The monoisotopic (exact) mass is 259 g/mol. The number of benzene rings is 1. The largest absolute Gasteiger partial charge is 0.496 e. The lowest BCUT2D eigenvalue weighted by molar-refractivity contribution is -0.138. The van der Waals surface area contributed by atoms with E-state index in [1.165, 1.54) is 19.2 Å². The van der Waals surface area contributed by atoms with Gasteiger partial charge in [-0.3, -0.25) is 0 Å². The van der Waals surface area contributed by atoms with Gasteiger partial charge in [0.15, 0.2) is 0 Å². The lowest BCUT2D eigenvalue weighted by atomic mass is 10.0. The van der Waals surface area contributed by atoms with Gasteiger partial charge in [-0.2, -0.15) is 13.2 Å². The van der Waals surface area contributed by atoms with E-state index in [0.717, 1.165) is 11.6 Å². The number of nitrogens with two attached hydrogens (primary N) is 1. The van der Waals surface area contributed by atoms with Crippen LogP contribution in [0.25, 0.3) is 0 Å². The molecule has 0 bridgehead atoms. The molecule has 0 saturated heterocycles. The smallest absolute Gasteiger partial charge is 0.419 e. The summed E-state index contributed by atoms with van der Waals surface area (Å²) in [6.45, 7) is 4.01. The van der Waals surface area contributed by atoms with Crippen molar-refractivity contribution < 1.29 is 17.9 Å². The van der Waals surface area contributed by atoms with Crippen molar-refractivity contribution >= 4 is 0 Å². The topological polar surface area (TPSA) is 35.2 Å². The van der Waals surface area contributed by atoms with Gasteiger partial charge in [-0.15, -0.1) is 0 Å². The molecule has 0 radical (unpaired) electrons. The van der Waals surface area contributed by atoms with Gasteiger partial charge in [-0.1, -0.05) is 19.9 Å². The highest BCUT2D eigenvalue weighted by atomic mass is 19.4. The fraction of sp³-hybridized carbons (Fsp3) is 0.538. The van der Waals surface area contributed by atoms with E-state index in [2.05, 4.69) is 0 Å². The van der Waals surface area contributed by atoms with E-state index < -0.39 is 11.7 Å². The highest BCUT2D eigenvalue weighted by molar-refractivity contribution is 5.44. The quantitative estimate of drug-likeness (QED) is 0.885. The van der Waals surface area contributed by atoms with Gasteiger partial charge in [0.2, 0.25) is 0 Å². The second-order valence-corrected chi connectivity index (χ2v) is 5.28. The van der Waals surface area contributed by atoms with E-state index in [1.54, 1.807) is 0 Å². The minimum absolute atomic E-state index is 0.0149. The average Bonchev–Trinajstić information content (AvgIpc) is 2.76. The maximum Gasteiger partial charge on any atom is 0.419 e. The van der Waals surface area contributed by atoms with Crippen LogP contribution in [0.1, 0.15) is 30.9 Å². The van der Waals surface area contributed by atoms with Crippen LogP contribution in [0.5, 0.6) is 5.75 Å². The predicted octanol–water partition coefficient (Wildman–Crippen LogP) is 3.16. The molecule has 0 spiro atoms. The number of halogens is 3. The van der Waals surface area contributed by atoms with E-state index in [1.807, 2.05) is 13.8 Å². The van der Waals surface area contributed by atoms with Crippen LogP contribution in [0, 0.1) is 5.41 Å². The van der Waals surface area contributed by atoms with Gasteiger partial charge in [-0.25, -0.2) is 0 Å². The summed E-state index contributed by atoms with van der Waals surface area (Å²) in [6, 6.07) is 3.99. The average molecular weight is 259 g/mol. The van der Waals surface area contributed by atoms with Crippen LogP contribution in [-0.2, 0) is 6.18 Å². The van der Waals surface area contributed by atoms with Crippen molar-refractivity contribution in [2.24, 2.45) is 11.1 Å². The molecule has 2 nitrogen and oxygen atoms in total. The Bertz CT molecular complexity index is 468. The minimum Gasteiger partial charge on any atom is -0.496 e. The van der Waals surface area contributed by atoms with Gasteiger partial charge >= 0.3 is 6.18 Å². The van der Waals surface area contributed by atoms with E-state index in [9.17, 15) is 13.2 Å². The fourth-order valence-electron chi connectivity index (χ4n) is 2.45. The third kappa shape index (κ3) is 1.96. The fourth-order valence-corrected chi connectivity index (χ4v) is 2.45. The Morgan fingerprint density at radius 1 is 1.28 bits per heavy atom. The second kappa shape index (κ2) is 3.88. The molecule has 0 aliphatic heterocycles. The first-order valence-electron chi connectivity index (χ1n) is 5.70. The van der Waals surface area contributed by atoms with E-state index >= 15 is 0 Å². The molecule has 18 heavy (non-hydrogen) atoms. The lowest BCUT2D eigenvalue weighted by Gasteiger charge is -2.13. The molecule has 1 aliphatic carbocycles. The Labute approximate surface area is 104 Å². The van der Waals surface area contributed by atoms with Crippen molar-refractivity contribution in [3.8, 4) is 5.75 Å². The summed E-state index contributed by atoms with van der Waals surface area (Å²) in [5, 5.41) is 0. The first-order valence-corrected chi connectivity index (χ1v) is 5.70. The molecule has 2 atom stereocenters. The van der Waals surface area contributed by atoms with Crippen LogP contribution in [0.3, 0.4) is 0 Å². The first-order chi connectivity index (χ1) is 8.19. The van der Waals surface area contributed by atoms with Crippen LogP contribution < -0.4 is 10.5 Å². The lowest BCUT2D eigenvalue weighted by Crippen LogP contribution is -2.08. The Morgan fingerprint density at radius 2 is 1.83 bits per heavy atom. The summed E-state index contributed by atoms with van der Waals surface area (Å²) in [5.41, 5.74) is 5.92. The summed E-state index contributed by atoms with van der Waals surface area (Å²) < 4.78 is 43.0. The molecule has 1 aromatic rings. The molecule has 2 rings (SSSR count). The molecule has 0 aromatic heterocycles. The Kier molecular flexibility index (Phi) is 2.85. The van der Waals surface area contributed by atoms with Gasteiger partial charge in [0.1, 0.15) is 5.75 Å². The molecule has 1 saturated carbocycles. The number of ether oxygens (including phenoxy) is 1. The minimum atomic E-state index is -4.40. The molecule has 1 aromatic carbocycles. The van der Waals surface area contributed by atoms with Crippen molar-refractivity contribution in [1.82, 2.24) is 0 Å². The SMILES string of the molecule is COc1cc([C@@H]2[C@@H](N)C2(C)C)ccc1C(F)(F)F. The van der Waals surface area contributed by atoms with Crippen LogP contribution in [0.15, 0.2) is 18.2 Å². The Morgan fingerprint density at radius 3 is 2.22 bits per heavy atom. The zero-order valence-electron chi connectivity index (χ0n) is 10.5. The zero-order chi connectivity index (χ0) is 13.7. The Hall–Kier alpha value is -1.23. The maximum absolute atomic E-state index is 12.7. The normalized spacial score (nSPS) is 25.9. The van der Waals surface area contributed by atoms with E-state index in [4.69, 9.17) is 10.5 Å². The van der Waals surface area contributed by atoms with Crippen LogP contribution >= 0.6 is 0 Å². The number of rotatable bonds is 2. The first kappa shape index (κ1) is 13.2. The van der Waals surface area contributed by atoms with Gasteiger partial charge < -0.3 is 10.5 Å². The summed E-state index contributed by atoms with van der Waals surface area (Å²) in [7, 11) is 1.24. The zero-order valence-corrected chi connectivity index (χ0v) is 10.5. The Balaban J connectivity index is 2.38. The molecule has 5 heteroatoms. The molecule has 100 valence electrons. The van der Waals surface area contributed by atoms with Crippen LogP contribution in [-0.4, -0.2) is 13.2 Å². The summed E-state index contributed by atoms with van der Waals surface area (Å²) in [4.78, 5) is 0. The van der Waals surface area contributed by atoms with Gasteiger partial charge in [0.25, 0.3) is 0 Å². The molecule has 0 unspecified atom stereocenters. The summed E-state index contributed by atoms with van der Waals surface area (Å²) in [5.74, 6) is -0.0522. The highest BCUT2D eigenvalue weighted by Gasteiger charge is 2.56. The van der Waals surface area contributed by atoms with E-state index in [-0.39, 0.29) is 23.1 Å². The number of hydrogen-bond acceptors (Lipinski definition) is 2. The second-order valence-electron chi connectivity index (χ2n) is 5.28. The summed E-state index contributed by atoms with van der Waals surface area (Å²) >= 11 is 0. The maximum atomic E-state index is 12.7. The van der Waals surface area contributed by atoms with Gasteiger partial charge in [-0.05, 0) is 23.1 Å². The molecule has 0 amide bonds. The van der Waals surface area contributed by atoms with Crippen molar-refractivity contribution in [2.75, 3.05) is 7.11 Å². The number of methoxy groups -OCH3 is 1. The summed E-state index contributed by atoms with van der Waals surface area (Å²) in [6.07, 6.45) is -4.40. The molecular formula is C13H16F3NO. The van der Waals surface area contributed by atoms with Gasteiger partial charge in [0.05, 0.1) is 12.7 Å². The van der Waals surface area contributed by atoms with Crippen molar-refractivity contribution in [3.05, 3.63) is 29.3 Å². The highest BCUT2D eigenvalue weighted by Crippen LogP contribution is 2.58. The van der Waals surface area contributed by atoms with Crippen molar-refractivity contribution in [3.63, 3.8) is 0 Å².